The smallest absolute Gasteiger partial charge is 0.387 e. The second kappa shape index (κ2) is 8.07. The van der Waals surface area contributed by atoms with Crippen molar-refractivity contribution in [2.24, 2.45) is 0 Å². The zero-order chi connectivity index (χ0) is 19.4. The van der Waals surface area contributed by atoms with Gasteiger partial charge in [-0.25, -0.2) is 0 Å². The van der Waals surface area contributed by atoms with Gasteiger partial charge in [-0.1, -0.05) is 0 Å². The Balaban J connectivity index is 1.73. The molecule has 0 radical (unpaired) electrons. The maximum atomic E-state index is 12.6. The van der Waals surface area contributed by atoms with Crippen LogP contribution < -0.4 is 14.8 Å². The average molecular weight is 380 g/mol. The number of carbonyl (C=O) groups is 2. The number of amides is 2. The number of furan rings is 1. The third kappa shape index (κ3) is 4.18. The fourth-order valence-electron chi connectivity index (χ4n) is 2.99. The minimum Gasteiger partial charge on any atom is -0.493 e. The van der Waals surface area contributed by atoms with Crippen LogP contribution in [0.3, 0.4) is 0 Å². The van der Waals surface area contributed by atoms with Crippen molar-refractivity contribution in [2.75, 3.05) is 19.0 Å². The number of ether oxygens (including phenoxy) is 2. The van der Waals surface area contributed by atoms with Gasteiger partial charge in [-0.05, 0) is 37.1 Å². The van der Waals surface area contributed by atoms with E-state index < -0.39 is 18.6 Å². The van der Waals surface area contributed by atoms with Gasteiger partial charge in [-0.3, -0.25) is 9.59 Å². The summed E-state index contributed by atoms with van der Waals surface area (Å²) in [5, 5.41) is 2.64. The van der Waals surface area contributed by atoms with E-state index in [2.05, 4.69) is 10.1 Å². The number of benzene rings is 1. The number of hydrogen-bond donors (Lipinski definition) is 1. The van der Waals surface area contributed by atoms with Crippen LogP contribution in [-0.2, 0) is 4.79 Å². The Kier molecular flexibility index (Phi) is 5.58. The van der Waals surface area contributed by atoms with Crippen molar-refractivity contribution in [2.45, 2.75) is 25.5 Å². The summed E-state index contributed by atoms with van der Waals surface area (Å²) in [4.78, 5) is 26.5. The molecular weight excluding hydrogens is 362 g/mol. The van der Waals surface area contributed by atoms with E-state index in [0.717, 1.165) is 0 Å². The average Bonchev–Trinajstić information content (AvgIpc) is 3.33. The van der Waals surface area contributed by atoms with Crippen LogP contribution in [0.25, 0.3) is 0 Å². The summed E-state index contributed by atoms with van der Waals surface area (Å²) in [7, 11) is 1.32. The number of likely N-dealkylation sites (tertiary alicyclic amines) is 1. The lowest BCUT2D eigenvalue weighted by atomic mass is 10.2. The molecule has 3 rings (SSSR count). The molecule has 1 fully saturated rings. The predicted octanol–water partition coefficient (Wildman–Crippen LogP) is 3.13. The van der Waals surface area contributed by atoms with Gasteiger partial charge in [0.2, 0.25) is 5.91 Å². The predicted molar refractivity (Wildman–Crippen MR) is 91.0 cm³/mol. The molecule has 0 saturated carbocycles. The molecule has 7 nitrogen and oxygen atoms in total. The van der Waals surface area contributed by atoms with Crippen LogP contribution in [-0.4, -0.2) is 43.0 Å². The molecule has 144 valence electrons. The van der Waals surface area contributed by atoms with Gasteiger partial charge in [-0.15, -0.1) is 0 Å². The molecule has 0 aliphatic carbocycles. The number of carbonyl (C=O) groups excluding carboxylic acids is 2. The Morgan fingerprint density at radius 2 is 2.11 bits per heavy atom. The second-order valence-corrected chi connectivity index (χ2v) is 5.87. The van der Waals surface area contributed by atoms with Gasteiger partial charge in [-0.2, -0.15) is 8.78 Å². The third-order valence-electron chi connectivity index (χ3n) is 4.20. The number of alkyl halides is 2. The number of hydrogen-bond acceptors (Lipinski definition) is 5. The maximum Gasteiger partial charge on any atom is 0.387 e. The summed E-state index contributed by atoms with van der Waals surface area (Å²) in [6.07, 6.45) is 2.56. The summed E-state index contributed by atoms with van der Waals surface area (Å²) >= 11 is 0. The molecule has 1 atom stereocenters. The van der Waals surface area contributed by atoms with E-state index in [1.54, 1.807) is 6.07 Å². The number of rotatable bonds is 6. The Morgan fingerprint density at radius 3 is 2.78 bits per heavy atom. The van der Waals surface area contributed by atoms with Crippen LogP contribution in [0.15, 0.2) is 41.0 Å². The van der Waals surface area contributed by atoms with Gasteiger partial charge in [0.05, 0.1) is 13.4 Å². The molecule has 2 aromatic rings. The van der Waals surface area contributed by atoms with Crippen molar-refractivity contribution in [1.82, 2.24) is 4.90 Å². The van der Waals surface area contributed by atoms with Gasteiger partial charge >= 0.3 is 6.61 Å². The lowest BCUT2D eigenvalue weighted by Gasteiger charge is -2.23. The summed E-state index contributed by atoms with van der Waals surface area (Å²) in [6, 6.07) is 6.62. The van der Waals surface area contributed by atoms with Crippen LogP contribution in [0.4, 0.5) is 14.5 Å². The summed E-state index contributed by atoms with van der Waals surface area (Å²) in [5.74, 6) is -0.703. The van der Waals surface area contributed by atoms with Crippen molar-refractivity contribution in [3.8, 4) is 11.5 Å². The normalized spacial score (nSPS) is 16.4. The number of nitrogens with zero attached hydrogens (tertiary/aromatic N) is 1. The van der Waals surface area contributed by atoms with E-state index in [-0.39, 0.29) is 28.9 Å². The van der Waals surface area contributed by atoms with Crippen molar-refractivity contribution in [3.63, 3.8) is 0 Å². The first-order valence-corrected chi connectivity index (χ1v) is 8.28. The monoisotopic (exact) mass is 380 g/mol. The molecule has 1 saturated heterocycles. The lowest BCUT2D eigenvalue weighted by molar-refractivity contribution is -0.119. The topological polar surface area (TPSA) is 81.0 Å². The minimum absolute atomic E-state index is 0.115. The molecule has 1 aromatic heterocycles. The van der Waals surface area contributed by atoms with E-state index >= 15 is 0 Å². The number of methoxy groups -OCH3 is 1. The van der Waals surface area contributed by atoms with E-state index in [1.807, 2.05) is 0 Å². The van der Waals surface area contributed by atoms with Crippen molar-refractivity contribution in [3.05, 3.63) is 42.4 Å². The molecule has 1 aromatic carbocycles. The maximum absolute atomic E-state index is 12.6. The molecule has 1 N–H and O–H groups in total. The number of nitrogens with one attached hydrogen (secondary N) is 1. The Bertz CT molecular complexity index is 810. The molecule has 0 spiro atoms. The Hall–Kier alpha value is -3.10. The zero-order valence-electron chi connectivity index (χ0n) is 14.5. The molecule has 2 heterocycles. The van der Waals surface area contributed by atoms with Crippen LogP contribution in [0.2, 0.25) is 0 Å². The quantitative estimate of drug-likeness (QED) is 0.833. The molecule has 1 unspecified atom stereocenters. The van der Waals surface area contributed by atoms with E-state index in [9.17, 15) is 18.4 Å². The molecule has 9 heteroatoms. The fourth-order valence-corrected chi connectivity index (χ4v) is 2.99. The number of anilines is 1. The van der Waals surface area contributed by atoms with Gasteiger partial charge in [0.25, 0.3) is 5.91 Å². The molecule has 1 aliphatic rings. The SMILES string of the molecule is COc1ccc(NC(=O)C2CCCN2C(=O)c2ccco2)cc1OC(F)F. The molecule has 0 bridgehead atoms. The molecular formula is C18H18F2N2O5. The largest absolute Gasteiger partial charge is 0.493 e. The summed E-state index contributed by atoms with van der Waals surface area (Å²) in [6.45, 7) is -2.60. The molecule has 2 amide bonds. The van der Waals surface area contributed by atoms with Crippen LogP contribution >= 0.6 is 0 Å². The van der Waals surface area contributed by atoms with Crippen LogP contribution in [0.1, 0.15) is 23.4 Å². The first-order valence-electron chi connectivity index (χ1n) is 8.28. The van der Waals surface area contributed by atoms with Crippen molar-refractivity contribution in [1.29, 1.82) is 0 Å². The Morgan fingerprint density at radius 1 is 1.30 bits per heavy atom. The third-order valence-corrected chi connectivity index (χ3v) is 4.20. The van der Waals surface area contributed by atoms with Gasteiger partial charge in [0.15, 0.2) is 17.3 Å². The van der Waals surface area contributed by atoms with Crippen LogP contribution in [0.5, 0.6) is 11.5 Å². The highest BCUT2D eigenvalue weighted by Gasteiger charge is 2.35. The van der Waals surface area contributed by atoms with Gasteiger partial charge < -0.3 is 24.1 Å². The first-order chi connectivity index (χ1) is 13.0. The van der Waals surface area contributed by atoms with E-state index in [1.165, 1.54) is 42.5 Å². The van der Waals surface area contributed by atoms with E-state index in [0.29, 0.717) is 19.4 Å². The second-order valence-electron chi connectivity index (χ2n) is 5.87. The molecule has 27 heavy (non-hydrogen) atoms. The fraction of sp³-hybridized carbons (Fsp3) is 0.333. The van der Waals surface area contributed by atoms with Crippen molar-refractivity contribution >= 4 is 17.5 Å². The Labute approximate surface area is 153 Å². The van der Waals surface area contributed by atoms with E-state index in [4.69, 9.17) is 9.15 Å². The summed E-state index contributed by atoms with van der Waals surface area (Å²) in [5.41, 5.74) is 0.258. The first kappa shape index (κ1) is 18.7. The lowest BCUT2D eigenvalue weighted by Crippen LogP contribution is -2.43. The highest BCUT2D eigenvalue weighted by atomic mass is 19.3. The molecule has 1 aliphatic heterocycles. The van der Waals surface area contributed by atoms with Crippen LogP contribution in [0, 0.1) is 0 Å². The number of halogens is 2. The summed E-state index contributed by atoms with van der Waals surface area (Å²) < 4.78 is 39.5. The highest BCUT2D eigenvalue weighted by Crippen LogP contribution is 2.32. The highest BCUT2D eigenvalue weighted by molar-refractivity contribution is 6.00. The standard InChI is InChI=1S/C18H18F2N2O5/c1-25-13-7-6-11(10-15(13)27-18(19)20)21-16(23)12-4-2-8-22(12)17(24)14-5-3-9-26-14/h3,5-7,9-10,12,18H,2,4,8H2,1H3,(H,21,23). The zero-order valence-corrected chi connectivity index (χ0v) is 14.5. The van der Waals surface area contributed by atoms with Gasteiger partial charge in [0.1, 0.15) is 6.04 Å². The van der Waals surface area contributed by atoms with Crippen molar-refractivity contribution < 1.29 is 32.3 Å². The minimum atomic E-state index is -3.03. The van der Waals surface area contributed by atoms with Gasteiger partial charge in [0, 0.05) is 18.3 Å².